The van der Waals surface area contributed by atoms with Crippen LogP contribution in [0.3, 0.4) is 0 Å². The number of hydrogen-bond donors (Lipinski definition) is 0. The van der Waals surface area contributed by atoms with Crippen molar-refractivity contribution in [3.63, 3.8) is 0 Å². The lowest BCUT2D eigenvalue weighted by atomic mass is 10.3. The summed E-state index contributed by atoms with van der Waals surface area (Å²) >= 11 is 6.36. The van der Waals surface area contributed by atoms with E-state index in [2.05, 4.69) is 41.6 Å². The van der Waals surface area contributed by atoms with Gasteiger partial charge in [0, 0.05) is 10.7 Å². The maximum Gasteiger partial charge on any atom is 0.341 e. The minimum absolute atomic E-state index is 0.403. The lowest BCUT2D eigenvalue weighted by Gasteiger charge is -2.02. The third-order valence-electron chi connectivity index (χ3n) is 1.24. The van der Waals surface area contributed by atoms with E-state index in [-0.39, 0.29) is 0 Å². The molecule has 0 aromatic carbocycles. The Hall–Kier alpha value is -0.420. The molecule has 1 heterocycles. The van der Waals surface area contributed by atoms with Gasteiger partial charge in [0.1, 0.15) is 10.2 Å². The summed E-state index contributed by atoms with van der Waals surface area (Å²) in [6.45, 7) is 0. The monoisotopic (exact) mass is 293 g/mol. The van der Waals surface area contributed by atoms with Gasteiger partial charge in [-0.05, 0) is 37.9 Å². The summed E-state index contributed by atoms with van der Waals surface area (Å²) in [6.07, 6.45) is 1.58. The number of rotatable bonds is 1. The van der Waals surface area contributed by atoms with Crippen LogP contribution in [0, 0.1) is 0 Å². The third kappa shape index (κ3) is 1.84. The fourth-order valence-corrected chi connectivity index (χ4v) is 1.93. The largest absolute Gasteiger partial charge is 0.465 e. The van der Waals surface area contributed by atoms with E-state index in [0.717, 1.165) is 0 Å². The number of pyridine rings is 1. The molecule has 12 heavy (non-hydrogen) atoms. The highest BCUT2D eigenvalue weighted by Crippen LogP contribution is 2.23. The van der Waals surface area contributed by atoms with Gasteiger partial charge in [-0.25, -0.2) is 9.78 Å². The Labute approximate surface area is 86.4 Å². The normalized spacial score (nSPS) is 9.58. The standard InChI is InChI=1S/C7H5Br2NO2/c1-12-7(11)5-4(8)2-3-10-6(5)9/h2-3H,1H3. The molecule has 0 saturated heterocycles. The number of halogens is 2. The Morgan fingerprint density at radius 2 is 2.25 bits per heavy atom. The van der Waals surface area contributed by atoms with Crippen molar-refractivity contribution in [3.05, 3.63) is 26.9 Å². The van der Waals surface area contributed by atoms with E-state index >= 15 is 0 Å². The van der Waals surface area contributed by atoms with Crippen LogP contribution in [0.25, 0.3) is 0 Å². The maximum absolute atomic E-state index is 11.1. The number of aromatic nitrogens is 1. The van der Waals surface area contributed by atoms with E-state index in [4.69, 9.17) is 0 Å². The van der Waals surface area contributed by atoms with Gasteiger partial charge in [-0.2, -0.15) is 0 Å². The van der Waals surface area contributed by atoms with Crippen molar-refractivity contribution in [2.24, 2.45) is 0 Å². The van der Waals surface area contributed by atoms with E-state index in [0.29, 0.717) is 14.6 Å². The van der Waals surface area contributed by atoms with Crippen molar-refractivity contribution in [1.29, 1.82) is 0 Å². The molecule has 1 rings (SSSR count). The number of nitrogens with zero attached hydrogens (tertiary/aromatic N) is 1. The summed E-state index contributed by atoms with van der Waals surface area (Å²) in [5.74, 6) is -0.415. The molecule has 0 spiro atoms. The molecule has 0 atom stereocenters. The molecule has 0 unspecified atom stereocenters. The van der Waals surface area contributed by atoms with Crippen LogP contribution in [0.5, 0.6) is 0 Å². The van der Waals surface area contributed by atoms with Gasteiger partial charge in [0.15, 0.2) is 0 Å². The Bertz CT molecular complexity index is 294. The smallest absolute Gasteiger partial charge is 0.341 e. The van der Waals surface area contributed by atoms with Crippen molar-refractivity contribution in [1.82, 2.24) is 4.98 Å². The van der Waals surface area contributed by atoms with Crippen molar-refractivity contribution in [3.8, 4) is 0 Å². The average molecular weight is 295 g/mol. The Morgan fingerprint density at radius 1 is 1.58 bits per heavy atom. The van der Waals surface area contributed by atoms with E-state index < -0.39 is 5.97 Å². The second-order valence-electron chi connectivity index (χ2n) is 1.95. The first-order valence-electron chi connectivity index (χ1n) is 3.05. The van der Waals surface area contributed by atoms with Crippen molar-refractivity contribution >= 4 is 37.8 Å². The first-order chi connectivity index (χ1) is 5.66. The highest BCUT2D eigenvalue weighted by molar-refractivity contribution is 9.11. The van der Waals surface area contributed by atoms with Crippen LogP contribution in [-0.2, 0) is 4.74 Å². The fourth-order valence-electron chi connectivity index (χ4n) is 0.698. The molecule has 0 aliphatic heterocycles. The minimum Gasteiger partial charge on any atom is -0.465 e. The first kappa shape index (κ1) is 9.67. The van der Waals surface area contributed by atoms with Gasteiger partial charge in [0.25, 0.3) is 0 Å². The number of ether oxygens (including phenoxy) is 1. The summed E-state index contributed by atoms with van der Waals surface area (Å²) in [7, 11) is 1.33. The molecule has 0 radical (unpaired) electrons. The van der Waals surface area contributed by atoms with Crippen molar-refractivity contribution in [2.75, 3.05) is 7.11 Å². The lowest BCUT2D eigenvalue weighted by molar-refractivity contribution is 0.0598. The number of carbonyl (C=O) groups is 1. The van der Waals surface area contributed by atoms with Crippen LogP contribution in [0.1, 0.15) is 10.4 Å². The molecule has 0 aliphatic rings. The van der Waals surface area contributed by atoms with Crippen molar-refractivity contribution in [2.45, 2.75) is 0 Å². The highest BCUT2D eigenvalue weighted by Gasteiger charge is 2.14. The lowest BCUT2D eigenvalue weighted by Crippen LogP contribution is -2.04. The molecule has 0 amide bonds. The molecule has 3 nitrogen and oxygen atoms in total. The summed E-state index contributed by atoms with van der Waals surface area (Å²) < 4.78 is 5.70. The SMILES string of the molecule is COC(=O)c1c(Br)ccnc1Br. The molecule has 64 valence electrons. The highest BCUT2D eigenvalue weighted by atomic mass is 79.9. The number of hydrogen-bond acceptors (Lipinski definition) is 3. The summed E-state index contributed by atoms with van der Waals surface area (Å²) in [5.41, 5.74) is 0.403. The van der Waals surface area contributed by atoms with E-state index in [9.17, 15) is 4.79 Å². The molecule has 0 aliphatic carbocycles. The molecular formula is C7H5Br2NO2. The third-order valence-corrected chi connectivity index (χ3v) is 2.51. The molecule has 0 N–H and O–H groups in total. The second kappa shape index (κ2) is 4.00. The Balaban J connectivity index is 3.21. The summed E-state index contributed by atoms with van der Waals surface area (Å²) in [6, 6.07) is 1.68. The van der Waals surface area contributed by atoms with Gasteiger partial charge >= 0.3 is 5.97 Å². The number of carbonyl (C=O) groups excluding carboxylic acids is 1. The molecule has 0 bridgehead atoms. The molecular weight excluding hydrogens is 290 g/mol. The minimum atomic E-state index is -0.415. The maximum atomic E-state index is 11.1. The first-order valence-corrected chi connectivity index (χ1v) is 4.63. The van der Waals surface area contributed by atoms with Gasteiger partial charge in [-0.3, -0.25) is 0 Å². The zero-order chi connectivity index (χ0) is 9.14. The van der Waals surface area contributed by atoms with Crippen LogP contribution in [0.2, 0.25) is 0 Å². The van der Waals surface area contributed by atoms with E-state index in [1.54, 1.807) is 12.3 Å². The van der Waals surface area contributed by atoms with Crippen LogP contribution in [0.4, 0.5) is 0 Å². The topological polar surface area (TPSA) is 39.2 Å². The number of esters is 1. The number of methoxy groups -OCH3 is 1. The quantitative estimate of drug-likeness (QED) is 0.590. The van der Waals surface area contributed by atoms with E-state index in [1.165, 1.54) is 7.11 Å². The zero-order valence-corrected chi connectivity index (χ0v) is 9.35. The van der Waals surface area contributed by atoms with Gasteiger partial charge in [-0.15, -0.1) is 0 Å². The van der Waals surface area contributed by atoms with Crippen LogP contribution >= 0.6 is 31.9 Å². The second-order valence-corrected chi connectivity index (χ2v) is 3.56. The average Bonchev–Trinajstić information content (AvgIpc) is 2.03. The van der Waals surface area contributed by atoms with Crippen LogP contribution in [0.15, 0.2) is 21.3 Å². The Kier molecular flexibility index (Phi) is 3.22. The zero-order valence-electron chi connectivity index (χ0n) is 6.17. The summed E-state index contributed by atoms with van der Waals surface area (Å²) in [4.78, 5) is 15.0. The van der Waals surface area contributed by atoms with Crippen LogP contribution < -0.4 is 0 Å². The van der Waals surface area contributed by atoms with Gasteiger partial charge in [0.05, 0.1) is 7.11 Å². The van der Waals surface area contributed by atoms with Crippen LogP contribution in [-0.4, -0.2) is 18.1 Å². The van der Waals surface area contributed by atoms with Gasteiger partial charge < -0.3 is 4.74 Å². The molecule has 0 fully saturated rings. The van der Waals surface area contributed by atoms with Gasteiger partial charge in [0.2, 0.25) is 0 Å². The predicted octanol–water partition coefficient (Wildman–Crippen LogP) is 2.39. The van der Waals surface area contributed by atoms with E-state index in [1.807, 2.05) is 0 Å². The molecule has 1 aromatic rings. The predicted molar refractivity (Wildman–Crippen MR) is 51.0 cm³/mol. The van der Waals surface area contributed by atoms with Gasteiger partial charge in [-0.1, -0.05) is 0 Å². The molecule has 1 aromatic heterocycles. The summed E-state index contributed by atoms with van der Waals surface area (Å²) in [5, 5.41) is 0. The molecule has 0 saturated carbocycles. The fraction of sp³-hybridized carbons (Fsp3) is 0.143. The molecule has 5 heteroatoms. The van der Waals surface area contributed by atoms with Crippen molar-refractivity contribution < 1.29 is 9.53 Å². The Morgan fingerprint density at radius 3 is 2.75 bits per heavy atom.